The fraction of sp³-hybridized carbons (Fsp3) is 0.600. The second-order valence-electron chi connectivity index (χ2n) is 1.94. The lowest BCUT2D eigenvalue weighted by Gasteiger charge is -2.03. The maximum Gasteiger partial charge on any atom is 0.330 e. The van der Waals surface area contributed by atoms with Crippen molar-refractivity contribution in [2.24, 2.45) is 22.2 Å². The summed E-state index contributed by atoms with van der Waals surface area (Å²) in [6.07, 6.45) is 0. The van der Waals surface area contributed by atoms with E-state index in [1.54, 1.807) is 0 Å². The van der Waals surface area contributed by atoms with Gasteiger partial charge in [0.15, 0.2) is 5.96 Å². The molecule has 0 rings (SSSR count). The monoisotopic (exact) mass is 192 g/mol. The molecule has 0 fully saturated rings. The Morgan fingerprint density at radius 3 is 2.58 bits per heavy atom. The highest BCUT2D eigenvalue weighted by Crippen LogP contribution is 2.04. The molecule has 7 heteroatoms. The summed E-state index contributed by atoms with van der Waals surface area (Å²) < 4.78 is 0. The van der Waals surface area contributed by atoms with Crippen molar-refractivity contribution in [2.45, 2.75) is 5.37 Å². The van der Waals surface area contributed by atoms with Crippen LogP contribution in [0.2, 0.25) is 0 Å². The highest BCUT2D eigenvalue weighted by molar-refractivity contribution is 8.00. The highest BCUT2D eigenvalue weighted by Gasteiger charge is 2.10. The van der Waals surface area contributed by atoms with Gasteiger partial charge >= 0.3 is 5.97 Å². The minimum Gasteiger partial charge on any atom is -0.479 e. The first-order chi connectivity index (χ1) is 5.54. The number of carbonyl (C=O) groups is 1. The van der Waals surface area contributed by atoms with E-state index < -0.39 is 11.3 Å². The molecule has 0 aromatic carbocycles. The van der Waals surface area contributed by atoms with Crippen molar-refractivity contribution in [1.82, 2.24) is 0 Å². The average Bonchev–Trinajstić information content (AvgIpc) is 1.97. The number of hydrogen-bond donors (Lipinski definition) is 4. The first-order valence-corrected chi connectivity index (χ1v) is 4.24. The number of guanidine groups is 1. The van der Waals surface area contributed by atoms with Crippen molar-refractivity contribution in [3.8, 4) is 0 Å². The molecule has 12 heavy (non-hydrogen) atoms. The number of hydrogen-bond acceptors (Lipinski definition) is 4. The van der Waals surface area contributed by atoms with Gasteiger partial charge in [0.05, 0.1) is 6.54 Å². The second-order valence-corrected chi connectivity index (χ2v) is 3.19. The van der Waals surface area contributed by atoms with Crippen LogP contribution in [0.3, 0.4) is 0 Å². The van der Waals surface area contributed by atoms with Crippen molar-refractivity contribution in [3.63, 3.8) is 0 Å². The summed E-state index contributed by atoms with van der Waals surface area (Å²) in [4.78, 5) is 13.9. The van der Waals surface area contributed by atoms with Gasteiger partial charge in [-0.1, -0.05) is 0 Å². The van der Waals surface area contributed by atoms with Gasteiger partial charge < -0.3 is 22.3 Å². The summed E-state index contributed by atoms with van der Waals surface area (Å²) in [5.74, 6) is -0.546. The number of carboxylic acids is 1. The van der Waals surface area contributed by atoms with Crippen LogP contribution >= 0.6 is 11.8 Å². The lowest BCUT2D eigenvalue weighted by molar-refractivity contribution is -0.136. The molecule has 0 aliphatic heterocycles. The van der Waals surface area contributed by atoms with E-state index in [9.17, 15) is 4.79 Å². The van der Waals surface area contributed by atoms with Crippen LogP contribution in [0, 0.1) is 0 Å². The molecule has 6 nitrogen and oxygen atoms in total. The quantitative estimate of drug-likeness (QED) is 0.179. The van der Waals surface area contributed by atoms with Crippen molar-refractivity contribution in [3.05, 3.63) is 0 Å². The first-order valence-electron chi connectivity index (χ1n) is 3.19. The molecule has 0 aromatic rings. The zero-order valence-corrected chi connectivity index (χ0v) is 7.25. The minimum absolute atomic E-state index is 0.000466. The second kappa shape index (κ2) is 5.67. The Balaban J connectivity index is 3.44. The summed E-state index contributed by atoms with van der Waals surface area (Å²) in [5, 5.41) is 7.46. The number of nitrogens with two attached hydrogens (primary N) is 3. The molecule has 0 heterocycles. The van der Waals surface area contributed by atoms with E-state index in [0.717, 1.165) is 11.8 Å². The summed E-state index contributed by atoms with van der Waals surface area (Å²) in [6, 6.07) is 0. The molecule has 1 unspecified atom stereocenters. The van der Waals surface area contributed by atoms with Gasteiger partial charge in [-0.25, -0.2) is 4.79 Å². The predicted octanol–water partition coefficient (Wildman–Crippen LogP) is -1.64. The lowest BCUT2D eigenvalue weighted by atomic mass is 10.7. The number of aliphatic imine (C=N–C) groups is 1. The number of thioether (sulfide) groups is 1. The third-order valence-electron chi connectivity index (χ3n) is 0.926. The van der Waals surface area contributed by atoms with Crippen LogP contribution in [0.25, 0.3) is 0 Å². The van der Waals surface area contributed by atoms with Crippen LogP contribution in [0.15, 0.2) is 4.99 Å². The van der Waals surface area contributed by atoms with E-state index in [4.69, 9.17) is 22.3 Å². The molecule has 0 aromatic heterocycles. The first kappa shape index (κ1) is 11.1. The molecule has 1 atom stereocenters. The summed E-state index contributed by atoms with van der Waals surface area (Å²) >= 11 is 1.09. The zero-order chi connectivity index (χ0) is 9.56. The van der Waals surface area contributed by atoms with Crippen molar-refractivity contribution >= 4 is 23.7 Å². The highest BCUT2D eigenvalue weighted by atomic mass is 32.2. The Bertz CT molecular complexity index is 180. The Kier molecular flexibility index (Phi) is 5.22. The molecule has 0 saturated heterocycles. The fourth-order valence-corrected chi connectivity index (χ4v) is 1.02. The van der Waals surface area contributed by atoms with Gasteiger partial charge in [0.1, 0.15) is 5.37 Å². The van der Waals surface area contributed by atoms with Crippen LogP contribution in [0.1, 0.15) is 0 Å². The van der Waals surface area contributed by atoms with E-state index in [0.29, 0.717) is 12.3 Å². The smallest absolute Gasteiger partial charge is 0.330 e. The number of aliphatic carboxylic acids is 1. The van der Waals surface area contributed by atoms with Gasteiger partial charge in [-0.2, -0.15) is 0 Å². The lowest BCUT2D eigenvalue weighted by Crippen LogP contribution is -2.27. The van der Waals surface area contributed by atoms with Crippen LogP contribution < -0.4 is 17.2 Å². The number of nitrogens with zero attached hydrogens (tertiary/aromatic N) is 1. The normalized spacial score (nSPS) is 12.1. The van der Waals surface area contributed by atoms with E-state index in [-0.39, 0.29) is 5.96 Å². The van der Waals surface area contributed by atoms with E-state index in [1.165, 1.54) is 0 Å². The summed E-state index contributed by atoms with van der Waals surface area (Å²) in [5.41, 5.74) is 15.3. The molecule has 0 aliphatic carbocycles. The van der Waals surface area contributed by atoms with Crippen molar-refractivity contribution in [2.75, 3.05) is 12.3 Å². The molecule has 0 radical (unpaired) electrons. The average molecular weight is 192 g/mol. The summed E-state index contributed by atoms with van der Waals surface area (Å²) in [6.45, 7) is 0.383. The molecule has 0 saturated carbocycles. The van der Waals surface area contributed by atoms with Gasteiger partial charge in [0.2, 0.25) is 0 Å². The molecule has 7 N–H and O–H groups in total. The number of rotatable bonds is 5. The topological polar surface area (TPSA) is 128 Å². The van der Waals surface area contributed by atoms with Crippen molar-refractivity contribution in [1.29, 1.82) is 0 Å². The maximum absolute atomic E-state index is 10.2. The fourth-order valence-electron chi connectivity index (χ4n) is 0.426. The zero-order valence-electron chi connectivity index (χ0n) is 6.43. The minimum atomic E-state index is -1.04. The third kappa shape index (κ3) is 5.81. The van der Waals surface area contributed by atoms with Crippen molar-refractivity contribution < 1.29 is 9.90 Å². The Hall–Kier alpha value is -0.950. The van der Waals surface area contributed by atoms with Gasteiger partial charge in [-0.3, -0.25) is 4.99 Å². The van der Waals surface area contributed by atoms with Gasteiger partial charge in [-0.15, -0.1) is 11.8 Å². The summed E-state index contributed by atoms with van der Waals surface area (Å²) in [7, 11) is 0. The molecule has 0 spiro atoms. The Morgan fingerprint density at radius 1 is 1.58 bits per heavy atom. The van der Waals surface area contributed by atoms with Gasteiger partial charge in [0, 0.05) is 5.75 Å². The Labute approximate surface area is 74.2 Å². The predicted molar refractivity (Wildman–Crippen MR) is 48.7 cm³/mol. The molecular formula is C5H12N4O2S. The Morgan fingerprint density at radius 2 is 2.17 bits per heavy atom. The third-order valence-corrected chi connectivity index (χ3v) is 1.91. The van der Waals surface area contributed by atoms with Crippen LogP contribution in [-0.4, -0.2) is 34.7 Å². The largest absolute Gasteiger partial charge is 0.479 e. The molecule has 70 valence electrons. The van der Waals surface area contributed by atoms with Crippen LogP contribution in [0.5, 0.6) is 0 Å². The standard InChI is InChI=1S/C5H12N4O2S/c6-3(4(10)11)12-2-1-9-5(7)8/h3H,1-2,6H2,(H,10,11)(H4,7,8,9). The van der Waals surface area contributed by atoms with Crippen LogP contribution in [-0.2, 0) is 4.79 Å². The molecule has 0 amide bonds. The van der Waals surface area contributed by atoms with E-state index in [1.807, 2.05) is 0 Å². The van der Waals surface area contributed by atoms with E-state index >= 15 is 0 Å². The molecule has 0 bridgehead atoms. The number of carboxylic acid groups (broad SMARTS) is 1. The van der Waals surface area contributed by atoms with Gasteiger partial charge in [-0.05, 0) is 0 Å². The van der Waals surface area contributed by atoms with E-state index in [2.05, 4.69) is 4.99 Å². The SMILES string of the molecule is NC(N)=NCCSC(N)C(=O)O. The molecule has 0 aliphatic rings. The molecular weight excluding hydrogens is 180 g/mol. The maximum atomic E-state index is 10.2. The van der Waals surface area contributed by atoms with Crippen LogP contribution in [0.4, 0.5) is 0 Å². The van der Waals surface area contributed by atoms with Gasteiger partial charge in [0.25, 0.3) is 0 Å².